The summed E-state index contributed by atoms with van der Waals surface area (Å²) in [5.41, 5.74) is 9.23. The minimum atomic E-state index is -3.25. The summed E-state index contributed by atoms with van der Waals surface area (Å²) >= 11 is 4.74. The first-order chi connectivity index (χ1) is 22.4. The zero-order valence-electron chi connectivity index (χ0n) is 28.5. The molecule has 0 fully saturated rings. The Balaban J connectivity index is 1.63. The van der Waals surface area contributed by atoms with Gasteiger partial charge in [0.05, 0.1) is 0 Å². The van der Waals surface area contributed by atoms with Crippen LogP contribution in [0.2, 0.25) is 0 Å². The summed E-state index contributed by atoms with van der Waals surface area (Å²) in [5.74, 6) is 0. The van der Waals surface area contributed by atoms with Crippen molar-refractivity contribution >= 4 is 36.7 Å². The molecule has 0 spiro atoms. The van der Waals surface area contributed by atoms with Gasteiger partial charge in [0.15, 0.2) is 0 Å². The standard InChI is InChI=1S/C45H46BrP/c1-44(2,3)38-27-22-34(23-28-38)36-26-31-43(35-24-29-39(30-25-35)45(4,5)6)37(32-36)33-47(46,40-16-10-7-11-17-40,41-18-12-8-13-19-41)42-20-14-9-15-21-42/h7-32H,33H2,1-6H3. The van der Waals surface area contributed by atoms with E-state index in [4.69, 9.17) is 15.5 Å². The molecule has 0 amide bonds. The van der Waals surface area contributed by atoms with E-state index in [0.717, 1.165) is 6.16 Å². The Morgan fingerprint density at radius 1 is 0.426 bits per heavy atom. The number of hydrogen-bond acceptors (Lipinski definition) is 0. The molecule has 0 N–H and O–H groups in total. The van der Waals surface area contributed by atoms with Gasteiger partial charge >= 0.3 is 292 Å². The predicted molar refractivity (Wildman–Crippen MR) is 212 cm³/mol. The van der Waals surface area contributed by atoms with Crippen LogP contribution in [0.25, 0.3) is 22.3 Å². The van der Waals surface area contributed by atoms with Gasteiger partial charge in [-0.2, -0.15) is 0 Å². The van der Waals surface area contributed by atoms with Crippen LogP contribution in [0.4, 0.5) is 0 Å². The molecule has 6 aromatic carbocycles. The van der Waals surface area contributed by atoms with Crippen LogP contribution in [-0.2, 0) is 17.0 Å². The van der Waals surface area contributed by atoms with Gasteiger partial charge in [0.2, 0.25) is 0 Å². The Morgan fingerprint density at radius 2 is 0.787 bits per heavy atom. The zero-order valence-corrected chi connectivity index (χ0v) is 31.0. The second kappa shape index (κ2) is 12.7. The van der Waals surface area contributed by atoms with Crippen LogP contribution in [-0.4, -0.2) is 0 Å². The fourth-order valence-corrected chi connectivity index (χ4v) is 14.4. The van der Waals surface area contributed by atoms with Gasteiger partial charge < -0.3 is 0 Å². The average Bonchev–Trinajstić information content (AvgIpc) is 3.09. The van der Waals surface area contributed by atoms with E-state index in [-0.39, 0.29) is 10.8 Å². The van der Waals surface area contributed by atoms with E-state index in [9.17, 15) is 0 Å². The summed E-state index contributed by atoms with van der Waals surface area (Å²) in [4.78, 5) is 0. The van der Waals surface area contributed by atoms with Crippen LogP contribution in [0.5, 0.6) is 0 Å². The molecule has 0 bridgehead atoms. The molecule has 0 saturated carbocycles. The van der Waals surface area contributed by atoms with Gasteiger partial charge in [0.25, 0.3) is 0 Å². The van der Waals surface area contributed by atoms with E-state index >= 15 is 0 Å². The van der Waals surface area contributed by atoms with Crippen LogP contribution in [0.15, 0.2) is 158 Å². The topological polar surface area (TPSA) is 0 Å². The molecule has 6 rings (SSSR count). The zero-order chi connectivity index (χ0) is 33.3. The third-order valence-electron chi connectivity index (χ3n) is 9.60. The summed E-state index contributed by atoms with van der Waals surface area (Å²) in [6.07, 6.45) is 0.827. The van der Waals surface area contributed by atoms with Gasteiger partial charge in [0, 0.05) is 0 Å². The molecule has 0 aromatic heterocycles. The van der Waals surface area contributed by atoms with Gasteiger partial charge in [0.1, 0.15) is 0 Å². The summed E-state index contributed by atoms with van der Waals surface area (Å²) in [6, 6.07) is 58.9. The summed E-state index contributed by atoms with van der Waals surface area (Å²) in [5, 5.41) is 0.726. The molecule has 0 heterocycles. The molecule has 6 aromatic rings. The first-order valence-electron chi connectivity index (χ1n) is 16.6. The molecule has 0 aliphatic heterocycles. The number of benzene rings is 6. The molecule has 0 nitrogen and oxygen atoms in total. The van der Waals surface area contributed by atoms with Gasteiger partial charge in [-0.3, -0.25) is 0 Å². The minimum absolute atomic E-state index is 0.0972. The second-order valence-electron chi connectivity index (χ2n) is 14.9. The fourth-order valence-electron chi connectivity index (χ4n) is 6.76. The molecule has 0 unspecified atom stereocenters. The quantitative estimate of drug-likeness (QED) is 0.146. The van der Waals surface area contributed by atoms with Crippen molar-refractivity contribution < 1.29 is 0 Å². The van der Waals surface area contributed by atoms with E-state index in [1.54, 1.807) is 0 Å². The Labute approximate surface area is 290 Å². The normalized spacial score (nSPS) is 13.1. The molecule has 47 heavy (non-hydrogen) atoms. The average molecular weight is 698 g/mol. The molecule has 0 saturated heterocycles. The van der Waals surface area contributed by atoms with Crippen LogP contribution in [0.3, 0.4) is 0 Å². The fraction of sp³-hybridized carbons (Fsp3) is 0.200. The monoisotopic (exact) mass is 696 g/mol. The van der Waals surface area contributed by atoms with Crippen molar-refractivity contribution in [3.8, 4) is 22.3 Å². The Bertz CT molecular complexity index is 1850. The van der Waals surface area contributed by atoms with Gasteiger partial charge in [-0.1, -0.05) is 0 Å². The number of hydrogen-bond donors (Lipinski definition) is 0. The molecule has 0 radical (unpaired) electrons. The molecule has 238 valence electrons. The number of halogens is 1. The van der Waals surface area contributed by atoms with Crippen LogP contribution >= 0.6 is 20.8 Å². The van der Waals surface area contributed by atoms with Crippen molar-refractivity contribution in [2.45, 2.75) is 58.5 Å². The first kappa shape index (κ1) is 33.1. The number of rotatable bonds is 7. The van der Waals surface area contributed by atoms with E-state index < -0.39 is 5.31 Å². The van der Waals surface area contributed by atoms with E-state index in [1.165, 1.54) is 54.9 Å². The molecule has 0 aliphatic rings. The van der Waals surface area contributed by atoms with E-state index in [0.29, 0.717) is 0 Å². The van der Waals surface area contributed by atoms with Gasteiger partial charge in [-0.05, 0) is 0 Å². The van der Waals surface area contributed by atoms with Crippen molar-refractivity contribution in [1.29, 1.82) is 0 Å². The van der Waals surface area contributed by atoms with Gasteiger partial charge in [-0.25, -0.2) is 0 Å². The van der Waals surface area contributed by atoms with Crippen molar-refractivity contribution in [3.63, 3.8) is 0 Å². The van der Waals surface area contributed by atoms with Crippen molar-refractivity contribution in [2.24, 2.45) is 0 Å². The maximum absolute atomic E-state index is 4.74. The van der Waals surface area contributed by atoms with E-state index in [1.807, 2.05) is 0 Å². The molecule has 2 heteroatoms. The molecule has 0 aliphatic carbocycles. The Morgan fingerprint density at radius 3 is 1.17 bits per heavy atom. The van der Waals surface area contributed by atoms with Crippen molar-refractivity contribution in [1.82, 2.24) is 0 Å². The van der Waals surface area contributed by atoms with Crippen LogP contribution < -0.4 is 15.9 Å². The van der Waals surface area contributed by atoms with Crippen molar-refractivity contribution in [2.75, 3.05) is 0 Å². The van der Waals surface area contributed by atoms with Crippen molar-refractivity contribution in [3.05, 3.63) is 174 Å². The molecule has 0 atom stereocenters. The molecular weight excluding hydrogens is 651 g/mol. The third kappa shape index (κ3) is 6.41. The SMILES string of the molecule is CC(C)(C)c1ccc(-c2ccc(-c3ccc(C(C)(C)C)cc3)c(CP(Br)(c3ccccc3)(c3ccccc3)c3ccccc3)c2)cc1. The maximum atomic E-state index is 4.74. The summed E-state index contributed by atoms with van der Waals surface area (Å²) in [7, 11) is 0. The Hall–Kier alpha value is -3.77. The molecular formula is C45H46BrP. The van der Waals surface area contributed by atoms with Crippen LogP contribution in [0.1, 0.15) is 58.2 Å². The third-order valence-corrected chi connectivity index (χ3v) is 19.1. The van der Waals surface area contributed by atoms with E-state index in [2.05, 4.69) is 199 Å². The van der Waals surface area contributed by atoms with Gasteiger partial charge in [-0.15, -0.1) is 0 Å². The predicted octanol–water partition coefficient (Wildman–Crippen LogP) is 12.0. The second-order valence-corrected chi connectivity index (χ2v) is 23.8. The Kier molecular flexibility index (Phi) is 8.94. The first-order valence-corrected chi connectivity index (χ1v) is 21.1. The summed E-state index contributed by atoms with van der Waals surface area (Å²) in [6.45, 7) is 13.7. The van der Waals surface area contributed by atoms with Crippen LogP contribution in [0, 0.1) is 0 Å². The summed E-state index contributed by atoms with van der Waals surface area (Å²) < 4.78 is 0.